The largest absolute Gasteiger partial charge is 0.489 e. The average molecular weight is 436 g/mol. The van der Waals surface area contributed by atoms with Crippen LogP contribution < -0.4 is 25.0 Å². The fourth-order valence-electron chi connectivity index (χ4n) is 3.51. The lowest BCUT2D eigenvalue weighted by Crippen LogP contribution is -2.45. The number of anilines is 1. The van der Waals surface area contributed by atoms with Gasteiger partial charge in [0.05, 0.1) is 30.6 Å². The Bertz CT molecular complexity index is 807. The van der Waals surface area contributed by atoms with Gasteiger partial charge in [0, 0.05) is 38.5 Å². The van der Waals surface area contributed by atoms with Gasteiger partial charge < -0.3 is 30.0 Å². The van der Waals surface area contributed by atoms with Crippen molar-refractivity contribution in [3.8, 4) is 11.5 Å². The maximum Gasteiger partial charge on any atom is 0.414 e. The molecule has 9 heteroatoms. The lowest BCUT2D eigenvalue weighted by Gasteiger charge is -2.28. The van der Waals surface area contributed by atoms with Crippen molar-refractivity contribution in [3.05, 3.63) is 17.7 Å². The number of benzene rings is 1. The Labute approximate surface area is 183 Å². The molecule has 172 valence electrons. The SMILES string of the molecule is CN(C(=O)OC(C)(C)C)c1cc2c(c(C(=O)NC[C@@H]3CCNCC3O)c1)OCCCO2. The van der Waals surface area contributed by atoms with Crippen molar-refractivity contribution in [1.29, 1.82) is 0 Å². The van der Waals surface area contributed by atoms with E-state index in [1.165, 1.54) is 4.90 Å². The lowest BCUT2D eigenvalue weighted by atomic mass is 9.95. The van der Waals surface area contributed by atoms with E-state index in [1.54, 1.807) is 40.0 Å². The van der Waals surface area contributed by atoms with E-state index >= 15 is 0 Å². The first kappa shape index (κ1) is 23.1. The lowest BCUT2D eigenvalue weighted by molar-refractivity contribution is 0.0588. The molecule has 1 aromatic carbocycles. The Kier molecular flexibility index (Phi) is 7.27. The quantitative estimate of drug-likeness (QED) is 0.663. The van der Waals surface area contributed by atoms with E-state index < -0.39 is 17.8 Å². The third-order valence-corrected chi connectivity index (χ3v) is 5.25. The molecule has 0 aromatic heterocycles. The molecule has 2 amide bonds. The van der Waals surface area contributed by atoms with Crippen LogP contribution in [-0.2, 0) is 4.74 Å². The summed E-state index contributed by atoms with van der Waals surface area (Å²) in [6.07, 6.45) is 0.427. The summed E-state index contributed by atoms with van der Waals surface area (Å²) >= 11 is 0. The van der Waals surface area contributed by atoms with Gasteiger partial charge in [-0.25, -0.2) is 4.79 Å². The molecule has 0 bridgehead atoms. The highest BCUT2D eigenvalue weighted by molar-refractivity contribution is 6.00. The van der Waals surface area contributed by atoms with E-state index in [0.717, 1.165) is 13.0 Å². The summed E-state index contributed by atoms with van der Waals surface area (Å²) < 4.78 is 17.0. The number of hydrogen-bond acceptors (Lipinski definition) is 7. The summed E-state index contributed by atoms with van der Waals surface area (Å²) in [5.41, 5.74) is 0.103. The Morgan fingerprint density at radius 3 is 2.74 bits per heavy atom. The van der Waals surface area contributed by atoms with Crippen LogP contribution in [0.3, 0.4) is 0 Å². The number of fused-ring (bicyclic) bond motifs is 1. The molecule has 3 N–H and O–H groups in total. The van der Waals surface area contributed by atoms with Gasteiger partial charge >= 0.3 is 6.09 Å². The van der Waals surface area contributed by atoms with Crippen LogP contribution in [0.15, 0.2) is 12.1 Å². The zero-order valence-corrected chi connectivity index (χ0v) is 18.7. The second-order valence-corrected chi connectivity index (χ2v) is 8.94. The van der Waals surface area contributed by atoms with Gasteiger partial charge in [0.1, 0.15) is 5.60 Å². The molecular formula is C22H33N3O6. The first-order valence-corrected chi connectivity index (χ1v) is 10.7. The third-order valence-electron chi connectivity index (χ3n) is 5.25. The van der Waals surface area contributed by atoms with E-state index in [4.69, 9.17) is 14.2 Å². The Morgan fingerprint density at radius 1 is 1.29 bits per heavy atom. The van der Waals surface area contributed by atoms with Crippen LogP contribution >= 0.6 is 0 Å². The molecule has 1 aromatic rings. The number of ether oxygens (including phenoxy) is 3. The highest BCUT2D eigenvalue weighted by atomic mass is 16.6. The summed E-state index contributed by atoms with van der Waals surface area (Å²) in [7, 11) is 1.58. The smallest absolute Gasteiger partial charge is 0.414 e. The minimum absolute atomic E-state index is 0.0198. The topological polar surface area (TPSA) is 109 Å². The Balaban J connectivity index is 1.84. The minimum Gasteiger partial charge on any atom is -0.489 e. The standard InChI is InChI=1S/C22H33N3O6/c1-22(2,3)31-21(28)25(4)15-10-16(19-18(11-15)29-8-5-9-30-19)20(27)24-12-14-6-7-23-13-17(14)26/h10-11,14,17,23,26H,5-9,12-13H2,1-4H3,(H,24,27)/t14-,17?/m0/s1. The van der Waals surface area contributed by atoms with E-state index in [1.807, 2.05) is 0 Å². The first-order valence-electron chi connectivity index (χ1n) is 10.7. The molecule has 9 nitrogen and oxygen atoms in total. The summed E-state index contributed by atoms with van der Waals surface area (Å²) in [6, 6.07) is 3.28. The van der Waals surface area contributed by atoms with Crippen molar-refractivity contribution < 1.29 is 28.9 Å². The minimum atomic E-state index is -0.646. The van der Waals surface area contributed by atoms with Crippen LogP contribution in [0.2, 0.25) is 0 Å². The number of piperidine rings is 1. The molecule has 0 spiro atoms. The molecule has 1 unspecified atom stereocenters. The van der Waals surface area contributed by atoms with Gasteiger partial charge in [-0.15, -0.1) is 0 Å². The van der Waals surface area contributed by atoms with Crippen LogP contribution in [0.25, 0.3) is 0 Å². The van der Waals surface area contributed by atoms with Gasteiger partial charge in [0.25, 0.3) is 5.91 Å². The predicted molar refractivity (Wildman–Crippen MR) is 116 cm³/mol. The van der Waals surface area contributed by atoms with Crippen LogP contribution in [0.1, 0.15) is 44.0 Å². The zero-order chi connectivity index (χ0) is 22.6. The van der Waals surface area contributed by atoms with Crippen LogP contribution in [0.4, 0.5) is 10.5 Å². The third kappa shape index (κ3) is 6.01. The van der Waals surface area contributed by atoms with Gasteiger partial charge in [0.15, 0.2) is 11.5 Å². The number of aliphatic hydroxyl groups excluding tert-OH is 1. The molecule has 1 saturated heterocycles. The van der Waals surface area contributed by atoms with Crippen LogP contribution in [0.5, 0.6) is 11.5 Å². The van der Waals surface area contributed by atoms with Gasteiger partial charge in [-0.1, -0.05) is 0 Å². The average Bonchev–Trinajstić information content (AvgIpc) is 2.95. The van der Waals surface area contributed by atoms with Crippen molar-refractivity contribution in [3.63, 3.8) is 0 Å². The van der Waals surface area contributed by atoms with Crippen molar-refractivity contribution in [2.75, 3.05) is 44.8 Å². The molecule has 0 saturated carbocycles. The summed E-state index contributed by atoms with van der Waals surface area (Å²) in [6.45, 7) is 7.94. The van der Waals surface area contributed by atoms with E-state index in [-0.39, 0.29) is 17.4 Å². The summed E-state index contributed by atoms with van der Waals surface area (Å²) in [5.74, 6) is 0.417. The van der Waals surface area contributed by atoms with Crippen LogP contribution in [0, 0.1) is 5.92 Å². The first-order chi connectivity index (χ1) is 14.7. The normalized spacial score (nSPS) is 21.1. The van der Waals surface area contributed by atoms with Gasteiger partial charge in [-0.3, -0.25) is 9.69 Å². The van der Waals surface area contributed by atoms with Gasteiger partial charge in [-0.2, -0.15) is 0 Å². The molecule has 0 radical (unpaired) electrons. The Hall–Kier alpha value is -2.52. The highest BCUT2D eigenvalue weighted by Crippen LogP contribution is 2.38. The molecule has 0 aliphatic carbocycles. The summed E-state index contributed by atoms with van der Waals surface area (Å²) in [4.78, 5) is 27.0. The van der Waals surface area contributed by atoms with Crippen molar-refractivity contribution in [1.82, 2.24) is 10.6 Å². The number of carbonyl (C=O) groups is 2. The molecule has 31 heavy (non-hydrogen) atoms. The number of amides is 2. The monoisotopic (exact) mass is 435 g/mol. The predicted octanol–water partition coefficient (Wildman–Crippen LogP) is 1.92. The number of nitrogens with one attached hydrogen (secondary N) is 2. The second kappa shape index (κ2) is 9.74. The second-order valence-electron chi connectivity index (χ2n) is 8.94. The molecule has 2 heterocycles. The number of β-amino-alcohol motifs (C(OH)–C–C–N with tert-alkyl or cyclic N) is 1. The van der Waals surface area contributed by atoms with Crippen LogP contribution in [-0.4, -0.2) is 68.7 Å². The van der Waals surface area contributed by atoms with Gasteiger partial charge in [-0.05, 0) is 39.8 Å². The highest BCUT2D eigenvalue weighted by Gasteiger charge is 2.28. The Morgan fingerprint density at radius 2 is 2.03 bits per heavy atom. The molecular weight excluding hydrogens is 402 g/mol. The maximum absolute atomic E-state index is 13.1. The maximum atomic E-state index is 13.1. The number of carbonyl (C=O) groups excluding carboxylic acids is 2. The van der Waals surface area contributed by atoms with E-state index in [2.05, 4.69) is 10.6 Å². The van der Waals surface area contributed by atoms with E-state index in [9.17, 15) is 14.7 Å². The van der Waals surface area contributed by atoms with E-state index in [0.29, 0.717) is 49.9 Å². The number of nitrogens with zero attached hydrogens (tertiary/aromatic N) is 1. The number of aliphatic hydroxyl groups is 1. The van der Waals surface area contributed by atoms with Gasteiger partial charge in [0.2, 0.25) is 0 Å². The summed E-state index contributed by atoms with van der Waals surface area (Å²) in [5, 5.41) is 16.2. The van der Waals surface area contributed by atoms with Crippen molar-refractivity contribution >= 4 is 17.7 Å². The molecule has 3 rings (SSSR count). The molecule has 2 atom stereocenters. The number of rotatable bonds is 4. The molecule has 1 fully saturated rings. The molecule has 2 aliphatic heterocycles. The fraction of sp³-hybridized carbons (Fsp3) is 0.636. The zero-order valence-electron chi connectivity index (χ0n) is 18.7. The van der Waals surface area contributed by atoms with Crippen molar-refractivity contribution in [2.45, 2.75) is 45.3 Å². The fourth-order valence-corrected chi connectivity index (χ4v) is 3.51. The van der Waals surface area contributed by atoms with Crippen molar-refractivity contribution in [2.24, 2.45) is 5.92 Å². The number of hydrogen-bond donors (Lipinski definition) is 3. The molecule has 2 aliphatic rings.